The average molecular weight is 263 g/mol. The van der Waals surface area contributed by atoms with Crippen LogP contribution in [0.25, 0.3) is 0 Å². The molecule has 0 aliphatic heterocycles. The van der Waals surface area contributed by atoms with Crippen molar-refractivity contribution in [2.45, 2.75) is 51.4 Å². The third kappa shape index (κ3) is 13.7. The van der Waals surface area contributed by atoms with Crippen molar-refractivity contribution >= 4 is 35.1 Å². The zero-order valence-electron chi connectivity index (χ0n) is 9.57. The molecule has 5 heteroatoms. The number of nitrogens with one attached hydrogen (secondary N) is 1. The van der Waals surface area contributed by atoms with Crippen LogP contribution in [0.4, 0.5) is 0 Å². The van der Waals surface area contributed by atoms with E-state index in [1.54, 1.807) is 0 Å². The molecule has 0 saturated carbocycles. The third-order valence-corrected chi connectivity index (χ3v) is 2.65. The molecule has 0 saturated heterocycles. The van der Waals surface area contributed by atoms with E-state index < -0.39 is 5.97 Å². The smallest absolute Gasteiger partial charge is 0.303 e. The summed E-state index contributed by atoms with van der Waals surface area (Å²) in [5.41, 5.74) is 0. The molecule has 3 nitrogen and oxygen atoms in total. The summed E-state index contributed by atoms with van der Waals surface area (Å²) in [6, 6.07) is 0. The number of carbonyl (C=O) groups is 1. The van der Waals surface area contributed by atoms with Crippen LogP contribution in [-0.2, 0) is 4.79 Å². The van der Waals surface area contributed by atoms with Gasteiger partial charge in [0.2, 0.25) is 0 Å². The van der Waals surface area contributed by atoms with E-state index in [4.69, 9.17) is 17.3 Å². The fraction of sp³-hybridized carbons (Fsp3) is 0.818. The van der Waals surface area contributed by atoms with Gasteiger partial charge in [-0.05, 0) is 12.8 Å². The van der Waals surface area contributed by atoms with Crippen molar-refractivity contribution in [3.8, 4) is 0 Å². The van der Waals surface area contributed by atoms with E-state index in [9.17, 15) is 4.79 Å². The van der Waals surface area contributed by atoms with Gasteiger partial charge in [-0.3, -0.25) is 4.79 Å². The maximum absolute atomic E-state index is 10.2. The first kappa shape index (κ1) is 15.7. The van der Waals surface area contributed by atoms with Crippen LogP contribution in [0.1, 0.15) is 51.4 Å². The van der Waals surface area contributed by atoms with Crippen molar-refractivity contribution in [2.75, 3.05) is 6.54 Å². The molecule has 0 heterocycles. The van der Waals surface area contributed by atoms with E-state index in [2.05, 4.69) is 17.9 Å². The molecule has 0 radical (unpaired) electrons. The molecule has 0 aliphatic rings. The van der Waals surface area contributed by atoms with Gasteiger partial charge in [-0.1, -0.05) is 44.3 Å². The number of hydrogen-bond acceptors (Lipinski definition) is 2. The van der Waals surface area contributed by atoms with Gasteiger partial charge in [0.05, 0.1) is 0 Å². The van der Waals surface area contributed by atoms with E-state index >= 15 is 0 Å². The molecule has 0 atom stereocenters. The molecule has 0 aromatic rings. The largest absolute Gasteiger partial charge is 0.481 e. The molecule has 16 heavy (non-hydrogen) atoms. The first-order valence-electron chi connectivity index (χ1n) is 5.81. The Morgan fingerprint density at radius 1 is 1.06 bits per heavy atom. The number of hydrogen-bond donors (Lipinski definition) is 3. The van der Waals surface area contributed by atoms with Crippen molar-refractivity contribution in [2.24, 2.45) is 0 Å². The maximum Gasteiger partial charge on any atom is 0.303 e. The molecule has 0 fully saturated rings. The lowest BCUT2D eigenvalue weighted by Gasteiger charge is -2.03. The number of carboxylic acid groups (broad SMARTS) is 1. The van der Waals surface area contributed by atoms with Gasteiger partial charge in [-0.2, -0.15) is 0 Å². The number of rotatable bonds is 10. The van der Waals surface area contributed by atoms with Gasteiger partial charge in [0.1, 0.15) is 4.32 Å². The zero-order chi connectivity index (χ0) is 12.2. The highest BCUT2D eigenvalue weighted by atomic mass is 32.1. The highest BCUT2D eigenvalue weighted by Crippen LogP contribution is 2.08. The summed E-state index contributed by atoms with van der Waals surface area (Å²) in [5.74, 6) is -0.686. The minimum Gasteiger partial charge on any atom is -0.481 e. The second-order valence-corrected chi connectivity index (χ2v) is 5.01. The highest BCUT2D eigenvalue weighted by molar-refractivity contribution is 8.11. The molecule has 0 aromatic carbocycles. The summed E-state index contributed by atoms with van der Waals surface area (Å²) in [7, 11) is 0. The number of thiocarbonyl (C=S) groups is 1. The Morgan fingerprint density at radius 2 is 1.56 bits per heavy atom. The quantitative estimate of drug-likeness (QED) is 0.322. The van der Waals surface area contributed by atoms with Crippen LogP contribution in [-0.4, -0.2) is 21.9 Å². The lowest BCUT2D eigenvalue weighted by atomic mass is 10.1. The van der Waals surface area contributed by atoms with E-state index in [0.29, 0.717) is 10.7 Å². The molecule has 2 N–H and O–H groups in total. The standard InChI is InChI=1S/C11H21NO2S2/c13-10(14)8-6-4-2-1-3-5-7-9-12-11(15)16/h1-9H2,(H,13,14)(H2,12,15,16). The Morgan fingerprint density at radius 3 is 2.06 bits per heavy atom. The predicted octanol–water partition coefficient (Wildman–Crippen LogP) is 3.00. The Hall–Kier alpha value is -0.290. The Bertz CT molecular complexity index is 188. The predicted molar refractivity (Wildman–Crippen MR) is 74.2 cm³/mol. The summed E-state index contributed by atoms with van der Waals surface area (Å²) >= 11 is 8.74. The molecule has 0 bridgehead atoms. The van der Waals surface area contributed by atoms with Gasteiger partial charge in [-0.15, -0.1) is 12.6 Å². The van der Waals surface area contributed by atoms with Gasteiger partial charge < -0.3 is 10.4 Å². The van der Waals surface area contributed by atoms with Gasteiger partial charge in [-0.25, -0.2) is 0 Å². The molecule has 0 rings (SSSR count). The topological polar surface area (TPSA) is 49.3 Å². The van der Waals surface area contributed by atoms with Crippen molar-refractivity contribution in [3.05, 3.63) is 0 Å². The van der Waals surface area contributed by atoms with Gasteiger partial charge in [0.15, 0.2) is 0 Å². The second-order valence-electron chi connectivity index (χ2n) is 3.85. The van der Waals surface area contributed by atoms with Crippen LogP contribution >= 0.6 is 24.8 Å². The fourth-order valence-corrected chi connectivity index (χ4v) is 1.69. The zero-order valence-corrected chi connectivity index (χ0v) is 11.3. The van der Waals surface area contributed by atoms with Crippen LogP contribution in [0, 0.1) is 0 Å². The summed E-state index contributed by atoms with van der Waals surface area (Å²) < 4.78 is 0.564. The van der Waals surface area contributed by atoms with Crippen molar-refractivity contribution in [1.29, 1.82) is 0 Å². The lowest BCUT2D eigenvalue weighted by Crippen LogP contribution is -2.17. The lowest BCUT2D eigenvalue weighted by molar-refractivity contribution is -0.137. The molecular formula is C11H21NO2S2. The SMILES string of the molecule is O=C(O)CCCCCCCCCNC(=S)S. The Labute approximate surface area is 108 Å². The number of carboxylic acids is 1. The third-order valence-electron chi connectivity index (χ3n) is 2.34. The normalized spacial score (nSPS) is 10.1. The van der Waals surface area contributed by atoms with Crippen LogP contribution in [0.3, 0.4) is 0 Å². The Balaban J connectivity index is 2.98. The van der Waals surface area contributed by atoms with Crippen molar-refractivity contribution < 1.29 is 9.90 Å². The first-order chi connectivity index (χ1) is 7.63. The average Bonchev–Trinajstić information content (AvgIpc) is 2.20. The Kier molecular flexibility index (Phi) is 11.0. The number of aliphatic carboxylic acids is 1. The summed E-state index contributed by atoms with van der Waals surface area (Å²) in [4.78, 5) is 10.2. The summed E-state index contributed by atoms with van der Waals surface area (Å²) in [5, 5.41) is 11.4. The molecule has 94 valence electrons. The molecular weight excluding hydrogens is 242 g/mol. The highest BCUT2D eigenvalue weighted by Gasteiger charge is 1.96. The van der Waals surface area contributed by atoms with E-state index in [1.807, 2.05) is 0 Å². The van der Waals surface area contributed by atoms with Gasteiger partial charge in [0.25, 0.3) is 0 Å². The molecule has 0 spiro atoms. The fourth-order valence-electron chi connectivity index (χ4n) is 1.48. The number of thiol groups is 1. The summed E-state index contributed by atoms with van der Waals surface area (Å²) in [6.45, 7) is 0.904. The summed E-state index contributed by atoms with van der Waals surface area (Å²) in [6.07, 6.45) is 8.03. The molecule has 0 amide bonds. The van der Waals surface area contributed by atoms with Crippen LogP contribution in [0.15, 0.2) is 0 Å². The van der Waals surface area contributed by atoms with E-state index in [0.717, 1.165) is 32.2 Å². The number of unbranched alkanes of at least 4 members (excludes halogenated alkanes) is 6. The van der Waals surface area contributed by atoms with Gasteiger partial charge in [0, 0.05) is 13.0 Å². The molecule has 0 aliphatic carbocycles. The minimum absolute atomic E-state index is 0.309. The monoisotopic (exact) mass is 263 g/mol. The van der Waals surface area contributed by atoms with Crippen LogP contribution in [0.5, 0.6) is 0 Å². The first-order valence-corrected chi connectivity index (χ1v) is 6.67. The van der Waals surface area contributed by atoms with Crippen LogP contribution < -0.4 is 5.32 Å². The minimum atomic E-state index is -0.686. The van der Waals surface area contributed by atoms with Crippen molar-refractivity contribution in [1.82, 2.24) is 5.32 Å². The van der Waals surface area contributed by atoms with E-state index in [1.165, 1.54) is 19.3 Å². The van der Waals surface area contributed by atoms with Crippen LogP contribution in [0.2, 0.25) is 0 Å². The second kappa shape index (κ2) is 11.2. The molecule has 0 unspecified atom stereocenters. The molecule has 0 aromatic heterocycles. The van der Waals surface area contributed by atoms with Crippen molar-refractivity contribution in [3.63, 3.8) is 0 Å². The van der Waals surface area contributed by atoms with E-state index in [-0.39, 0.29) is 0 Å². The maximum atomic E-state index is 10.2. The van der Waals surface area contributed by atoms with Gasteiger partial charge >= 0.3 is 5.97 Å².